The van der Waals surface area contributed by atoms with Gasteiger partial charge in [0.05, 0.1) is 29.8 Å². The Morgan fingerprint density at radius 1 is 1.35 bits per heavy atom. The van der Waals surface area contributed by atoms with Gasteiger partial charge in [0.15, 0.2) is 11.7 Å². The molecule has 2 rings (SSSR count). The topological polar surface area (TPSA) is 85.9 Å². The second-order valence-corrected chi connectivity index (χ2v) is 6.61. The van der Waals surface area contributed by atoms with E-state index >= 15 is 0 Å². The summed E-state index contributed by atoms with van der Waals surface area (Å²) < 4.78 is 15.7. The van der Waals surface area contributed by atoms with Gasteiger partial charge >= 0.3 is 11.9 Å². The van der Waals surface area contributed by atoms with E-state index in [-0.39, 0.29) is 13.2 Å². The van der Waals surface area contributed by atoms with E-state index in [1.807, 2.05) is 0 Å². The number of carbonyl (C=O) groups is 2. The highest BCUT2D eigenvalue weighted by atomic mass is 79.9. The number of thiocarbonyl (C=S) groups is 1. The Hall–Kier alpha value is -2.13. The summed E-state index contributed by atoms with van der Waals surface area (Å²) in [5, 5.41) is 6.45. The highest BCUT2D eigenvalue weighted by Gasteiger charge is 2.31. The number of esters is 2. The van der Waals surface area contributed by atoms with Crippen LogP contribution in [0.15, 0.2) is 33.9 Å². The first-order chi connectivity index (χ1) is 12.4. The molecule has 140 valence electrons. The quantitative estimate of drug-likeness (QED) is 0.512. The van der Waals surface area contributed by atoms with Crippen LogP contribution >= 0.6 is 28.1 Å². The number of methoxy groups -OCH3 is 1. The van der Waals surface area contributed by atoms with Crippen molar-refractivity contribution < 1.29 is 23.8 Å². The molecule has 2 N–H and O–H groups in total. The summed E-state index contributed by atoms with van der Waals surface area (Å²) >= 11 is 8.63. The van der Waals surface area contributed by atoms with Gasteiger partial charge in [-0.2, -0.15) is 0 Å². The smallest absolute Gasteiger partial charge is 0.343 e. The van der Waals surface area contributed by atoms with Gasteiger partial charge in [0.25, 0.3) is 0 Å². The van der Waals surface area contributed by atoms with Crippen molar-refractivity contribution in [3.8, 4) is 5.75 Å². The molecule has 26 heavy (non-hydrogen) atoms. The summed E-state index contributed by atoms with van der Waals surface area (Å²) in [5.74, 6) is -0.414. The van der Waals surface area contributed by atoms with Crippen LogP contribution in [0.3, 0.4) is 0 Å². The Kier molecular flexibility index (Phi) is 6.98. The fourth-order valence-corrected chi connectivity index (χ4v) is 3.21. The maximum Gasteiger partial charge on any atom is 0.343 e. The average molecular weight is 443 g/mol. The number of nitrogens with one attached hydrogen (secondary N) is 2. The number of allylic oxidation sites excluding steroid dienone is 1. The minimum Gasteiger partial charge on any atom is -0.481 e. The van der Waals surface area contributed by atoms with Gasteiger partial charge in [-0.1, -0.05) is 6.07 Å². The van der Waals surface area contributed by atoms with Crippen LogP contribution in [-0.2, 0) is 19.1 Å². The standard InChI is InChI=1S/C17H19BrN2O5S/c1-4-24-16(22)14-9(2)19-17(26)20-15(14)10-5-6-12(11(18)7-10)25-8-13(21)23-3/h5-7,15H,4,8H2,1-3H3,(H2,19,20,26)/t15-/m0/s1. The molecule has 1 aliphatic rings. The van der Waals surface area contributed by atoms with Crippen LogP contribution < -0.4 is 15.4 Å². The van der Waals surface area contributed by atoms with Crippen molar-refractivity contribution in [1.29, 1.82) is 0 Å². The first kappa shape index (κ1) is 20.2. The molecule has 0 aliphatic carbocycles. The lowest BCUT2D eigenvalue weighted by atomic mass is 9.95. The highest BCUT2D eigenvalue weighted by molar-refractivity contribution is 9.10. The van der Waals surface area contributed by atoms with Gasteiger partial charge in [-0.15, -0.1) is 0 Å². The molecule has 1 atom stereocenters. The van der Waals surface area contributed by atoms with Gasteiger partial charge in [0.2, 0.25) is 0 Å². The maximum absolute atomic E-state index is 12.4. The van der Waals surface area contributed by atoms with E-state index in [2.05, 4.69) is 31.3 Å². The van der Waals surface area contributed by atoms with E-state index in [0.29, 0.717) is 26.6 Å². The van der Waals surface area contributed by atoms with E-state index in [4.69, 9.17) is 21.7 Å². The molecular formula is C17H19BrN2O5S. The van der Waals surface area contributed by atoms with E-state index in [0.717, 1.165) is 5.56 Å². The molecule has 0 aromatic heterocycles. The Morgan fingerprint density at radius 3 is 2.69 bits per heavy atom. The number of ether oxygens (including phenoxy) is 3. The molecule has 0 radical (unpaired) electrons. The number of halogens is 1. The van der Waals surface area contributed by atoms with Crippen LogP contribution in [0.5, 0.6) is 5.75 Å². The molecule has 0 unspecified atom stereocenters. The van der Waals surface area contributed by atoms with Crippen LogP contribution in [0.2, 0.25) is 0 Å². The van der Waals surface area contributed by atoms with Gasteiger partial charge in [0.1, 0.15) is 5.75 Å². The second kappa shape index (κ2) is 9.00. The molecule has 0 fully saturated rings. The molecule has 0 saturated carbocycles. The summed E-state index contributed by atoms with van der Waals surface area (Å²) in [6, 6.07) is 4.82. The second-order valence-electron chi connectivity index (χ2n) is 5.35. The Morgan fingerprint density at radius 2 is 2.08 bits per heavy atom. The molecule has 0 saturated heterocycles. The zero-order valence-corrected chi connectivity index (χ0v) is 17.0. The zero-order valence-electron chi connectivity index (χ0n) is 14.6. The predicted octanol–water partition coefficient (Wildman–Crippen LogP) is 2.36. The van der Waals surface area contributed by atoms with E-state index in [1.54, 1.807) is 32.0 Å². The van der Waals surface area contributed by atoms with E-state index < -0.39 is 18.0 Å². The Labute approximate surface area is 165 Å². The Balaban J connectivity index is 2.31. The van der Waals surface area contributed by atoms with Crippen LogP contribution in [0.25, 0.3) is 0 Å². The number of benzene rings is 1. The third kappa shape index (κ3) is 4.73. The molecule has 1 aliphatic heterocycles. The van der Waals surface area contributed by atoms with Gasteiger partial charge in [-0.25, -0.2) is 9.59 Å². The molecule has 0 bridgehead atoms. The van der Waals surface area contributed by atoms with Crippen molar-refractivity contribution in [2.45, 2.75) is 19.9 Å². The van der Waals surface area contributed by atoms with Crippen molar-refractivity contribution in [1.82, 2.24) is 10.6 Å². The third-order valence-electron chi connectivity index (χ3n) is 3.63. The molecule has 1 aromatic carbocycles. The maximum atomic E-state index is 12.4. The lowest BCUT2D eigenvalue weighted by molar-refractivity contribution is -0.143. The van der Waals surface area contributed by atoms with Crippen LogP contribution in [0.4, 0.5) is 0 Å². The van der Waals surface area contributed by atoms with Crippen molar-refractivity contribution in [3.05, 3.63) is 39.5 Å². The molecular weight excluding hydrogens is 424 g/mol. The van der Waals surface area contributed by atoms with Gasteiger partial charge < -0.3 is 24.8 Å². The molecule has 1 aromatic rings. The predicted molar refractivity (Wildman–Crippen MR) is 103 cm³/mol. The van der Waals surface area contributed by atoms with Gasteiger partial charge in [-0.3, -0.25) is 0 Å². The average Bonchev–Trinajstić information content (AvgIpc) is 2.59. The number of carbonyl (C=O) groups excluding carboxylic acids is 2. The summed E-state index contributed by atoms with van der Waals surface area (Å²) in [7, 11) is 1.29. The van der Waals surface area contributed by atoms with Crippen LogP contribution in [0.1, 0.15) is 25.5 Å². The SMILES string of the molecule is CCOC(=O)C1=C(C)NC(=S)N[C@H]1c1ccc(OCC(=O)OC)c(Br)c1. The largest absolute Gasteiger partial charge is 0.481 e. The van der Waals surface area contributed by atoms with Gasteiger partial charge in [0, 0.05) is 5.70 Å². The third-order valence-corrected chi connectivity index (χ3v) is 4.47. The molecule has 1 heterocycles. The minimum atomic E-state index is -0.477. The number of hydrogen-bond acceptors (Lipinski definition) is 6. The number of rotatable bonds is 6. The summed E-state index contributed by atoms with van der Waals surface area (Å²) in [6.07, 6.45) is 0. The monoisotopic (exact) mass is 442 g/mol. The first-order valence-corrected chi connectivity index (χ1v) is 9.02. The lowest BCUT2D eigenvalue weighted by Crippen LogP contribution is -2.45. The zero-order chi connectivity index (χ0) is 19.3. The Bertz CT molecular complexity index is 766. The summed E-state index contributed by atoms with van der Waals surface area (Å²) in [4.78, 5) is 23.6. The first-order valence-electron chi connectivity index (χ1n) is 7.81. The molecule has 0 spiro atoms. The van der Waals surface area contributed by atoms with Crippen molar-refractivity contribution in [2.24, 2.45) is 0 Å². The van der Waals surface area contributed by atoms with Crippen molar-refractivity contribution >= 4 is 45.2 Å². The van der Waals surface area contributed by atoms with Crippen molar-refractivity contribution in [2.75, 3.05) is 20.3 Å². The molecule has 0 amide bonds. The summed E-state index contributed by atoms with van der Waals surface area (Å²) in [5.41, 5.74) is 1.88. The van der Waals surface area contributed by atoms with Crippen LogP contribution in [-0.4, -0.2) is 37.4 Å². The fraction of sp³-hybridized carbons (Fsp3) is 0.353. The number of hydrogen-bond donors (Lipinski definition) is 2. The lowest BCUT2D eigenvalue weighted by Gasteiger charge is -2.30. The molecule has 7 nitrogen and oxygen atoms in total. The normalized spacial score (nSPS) is 16.5. The van der Waals surface area contributed by atoms with Crippen molar-refractivity contribution in [3.63, 3.8) is 0 Å². The van der Waals surface area contributed by atoms with Gasteiger partial charge in [-0.05, 0) is 59.7 Å². The van der Waals surface area contributed by atoms with Crippen LogP contribution in [0, 0.1) is 0 Å². The van der Waals surface area contributed by atoms with E-state index in [9.17, 15) is 9.59 Å². The summed E-state index contributed by atoms with van der Waals surface area (Å²) in [6.45, 7) is 3.60. The molecule has 9 heteroatoms. The fourth-order valence-electron chi connectivity index (χ4n) is 2.43. The van der Waals surface area contributed by atoms with E-state index in [1.165, 1.54) is 7.11 Å². The highest BCUT2D eigenvalue weighted by Crippen LogP contribution is 2.33. The minimum absolute atomic E-state index is 0.197.